The number of hydrogen-bond acceptors (Lipinski definition) is 8. The van der Waals surface area contributed by atoms with Crippen molar-refractivity contribution in [1.29, 1.82) is 0 Å². The van der Waals surface area contributed by atoms with Crippen molar-refractivity contribution in [3.05, 3.63) is 36.5 Å². The highest BCUT2D eigenvalue weighted by Gasteiger charge is 1.91. The summed E-state index contributed by atoms with van der Waals surface area (Å²) in [7, 11) is 0. The van der Waals surface area contributed by atoms with Gasteiger partial charge in [0.05, 0.1) is 0 Å². The first-order valence-corrected chi connectivity index (χ1v) is 7.02. The van der Waals surface area contributed by atoms with Gasteiger partial charge in [-0.2, -0.15) is 0 Å². The Bertz CT molecular complexity index is 543. The van der Waals surface area contributed by atoms with Crippen molar-refractivity contribution in [2.75, 3.05) is 13.2 Å². The summed E-state index contributed by atoms with van der Waals surface area (Å²) in [6.45, 7) is 2.88. The van der Waals surface area contributed by atoms with E-state index < -0.39 is 30.7 Å². The molecule has 26 heavy (non-hydrogen) atoms. The number of carboxylic acid groups (broad SMARTS) is 1. The van der Waals surface area contributed by atoms with E-state index in [2.05, 4.69) is 0 Å². The van der Waals surface area contributed by atoms with Crippen molar-refractivity contribution < 1.29 is 44.1 Å². The number of aliphatic hydroxyl groups is 2. The predicted molar refractivity (Wildman–Crippen MR) is 91.3 cm³/mol. The second-order valence-corrected chi connectivity index (χ2v) is 4.42. The van der Waals surface area contributed by atoms with Gasteiger partial charge in [-0.1, -0.05) is 0 Å². The summed E-state index contributed by atoms with van der Waals surface area (Å²) in [4.78, 5) is 60.4. The van der Waals surface area contributed by atoms with E-state index in [0.29, 0.717) is 0 Å². The Morgan fingerprint density at radius 2 is 0.846 bits per heavy atom. The van der Waals surface area contributed by atoms with Gasteiger partial charge in [-0.25, -0.2) is 4.79 Å². The van der Waals surface area contributed by atoms with Crippen LogP contribution in [0.3, 0.4) is 0 Å². The third-order valence-corrected chi connectivity index (χ3v) is 1.78. The summed E-state index contributed by atoms with van der Waals surface area (Å²) >= 11 is 0. The molecule has 0 heterocycles. The zero-order valence-electron chi connectivity index (χ0n) is 14.7. The zero-order chi connectivity index (χ0) is 21.1. The first kappa shape index (κ1) is 27.8. The van der Waals surface area contributed by atoms with Crippen LogP contribution in [0.5, 0.6) is 0 Å². The van der Waals surface area contributed by atoms with Crippen LogP contribution in [0.4, 0.5) is 0 Å². The molecule has 0 aliphatic heterocycles. The van der Waals surface area contributed by atoms with Crippen LogP contribution in [0.2, 0.25) is 0 Å². The first-order chi connectivity index (χ1) is 12.0. The highest BCUT2D eigenvalue weighted by atomic mass is 16.4. The molecule has 0 bridgehead atoms. The van der Waals surface area contributed by atoms with Gasteiger partial charge < -0.3 is 15.3 Å². The number of allylic oxidation sites excluding steroid dienone is 3. The van der Waals surface area contributed by atoms with Gasteiger partial charge in [0.25, 0.3) is 0 Å². The highest BCUT2D eigenvalue weighted by Crippen LogP contribution is 1.77. The lowest BCUT2D eigenvalue weighted by atomic mass is 10.3. The number of carboxylic acids is 1. The van der Waals surface area contributed by atoms with Crippen LogP contribution in [0.1, 0.15) is 20.8 Å². The minimum Gasteiger partial charge on any atom is -0.478 e. The number of hydrogen-bond donors (Lipinski definition) is 3. The van der Waals surface area contributed by atoms with E-state index >= 15 is 0 Å². The number of carbonyl (C=O) groups excluding carboxylic acids is 5. The minimum absolute atomic E-state index is 0.197. The summed E-state index contributed by atoms with van der Waals surface area (Å²) in [6, 6.07) is 0. The molecule has 0 fully saturated rings. The van der Waals surface area contributed by atoms with E-state index in [1.54, 1.807) is 0 Å². The molecule has 0 unspecified atom stereocenters. The second-order valence-electron chi connectivity index (χ2n) is 4.42. The third-order valence-electron chi connectivity index (χ3n) is 1.78. The summed E-state index contributed by atoms with van der Waals surface area (Å²) < 4.78 is 0. The van der Waals surface area contributed by atoms with Crippen LogP contribution >= 0.6 is 0 Å². The molecule has 0 saturated carbocycles. The fourth-order valence-electron chi connectivity index (χ4n) is 0.715. The molecule has 0 atom stereocenters. The molecule has 0 aromatic rings. The Morgan fingerprint density at radius 1 is 0.577 bits per heavy atom. The van der Waals surface area contributed by atoms with Crippen molar-refractivity contribution in [2.24, 2.45) is 0 Å². The van der Waals surface area contributed by atoms with Crippen molar-refractivity contribution in [3.63, 3.8) is 0 Å². The molecule has 0 aliphatic carbocycles. The number of rotatable bonds is 8. The average Bonchev–Trinajstić information content (AvgIpc) is 2.56. The van der Waals surface area contributed by atoms with Crippen LogP contribution in [-0.4, -0.2) is 63.4 Å². The standard InChI is InChI=1S/2C6H8O3.C5H6O3/c2*1-5(8)2-3-6(9)4-7;1-4(6)2-3-5(7)8/h2*2-3,7H,4H2,1H3;2-3H,1H3,(H,7,8)/b3*3-2+. The molecule has 144 valence electrons. The third kappa shape index (κ3) is 32.8. The second kappa shape index (κ2) is 18.3. The largest absolute Gasteiger partial charge is 0.478 e. The van der Waals surface area contributed by atoms with Gasteiger partial charge in [0, 0.05) is 6.08 Å². The normalized spacial score (nSPS) is 9.88. The predicted octanol–water partition coefficient (Wildman–Crippen LogP) is -0.398. The Labute approximate surface area is 150 Å². The molecule has 0 radical (unpaired) electrons. The Kier molecular flexibility index (Phi) is 19.6. The van der Waals surface area contributed by atoms with Crippen LogP contribution < -0.4 is 0 Å². The van der Waals surface area contributed by atoms with Gasteiger partial charge in [0.1, 0.15) is 13.2 Å². The maximum Gasteiger partial charge on any atom is 0.328 e. The van der Waals surface area contributed by atoms with E-state index in [4.69, 9.17) is 15.3 Å². The average molecular weight is 370 g/mol. The fraction of sp³-hybridized carbons (Fsp3) is 0.294. The van der Waals surface area contributed by atoms with Crippen molar-refractivity contribution >= 4 is 34.9 Å². The van der Waals surface area contributed by atoms with E-state index in [1.807, 2.05) is 0 Å². The van der Waals surface area contributed by atoms with Gasteiger partial charge in [-0.3, -0.25) is 24.0 Å². The lowest BCUT2D eigenvalue weighted by molar-refractivity contribution is -0.131. The summed E-state index contributed by atoms with van der Waals surface area (Å²) in [6.07, 6.45) is 6.17. The smallest absolute Gasteiger partial charge is 0.328 e. The number of carbonyl (C=O) groups is 6. The quantitative estimate of drug-likeness (QED) is 0.482. The van der Waals surface area contributed by atoms with E-state index in [0.717, 1.165) is 36.5 Å². The van der Waals surface area contributed by atoms with E-state index in [1.165, 1.54) is 20.8 Å². The molecular formula is C17H22O9. The Hall–Kier alpha value is -3.04. The van der Waals surface area contributed by atoms with Crippen LogP contribution in [0.25, 0.3) is 0 Å². The number of ketones is 5. The molecule has 9 heteroatoms. The lowest BCUT2D eigenvalue weighted by Gasteiger charge is -1.80. The number of aliphatic carboxylic acids is 1. The lowest BCUT2D eigenvalue weighted by Crippen LogP contribution is -1.98. The summed E-state index contributed by atoms with van der Waals surface area (Å²) in [5.74, 6) is -2.66. The van der Waals surface area contributed by atoms with Gasteiger partial charge in [-0.05, 0) is 51.2 Å². The topological polar surface area (TPSA) is 163 Å². The molecule has 0 aromatic heterocycles. The Morgan fingerprint density at radius 3 is 1.00 bits per heavy atom. The molecule has 0 amide bonds. The molecular weight excluding hydrogens is 348 g/mol. The molecule has 0 aromatic carbocycles. The monoisotopic (exact) mass is 370 g/mol. The number of aliphatic hydroxyl groups excluding tert-OH is 2. The van der Waals surface area contributed by atoms with Crippen molar-refractivity contribution in [1.82, 2.24) is 0 Å². The van der Waals surface area contributed by atoms with Crippen LogP contribution in [0.15, 0.2) is 36.5 Å². The first-order valence-electron chi connectivity index (χ1n) is 7.02. The van der Waals surface area contributed by atoms with Crippen LogP contribution in [0, 0.1) is 0 Å². The zero-order valence-corrected chi connectivity index (χ0v) is 14.7. The van der Waals surface area contributed by atoms with Crippen LogP contribution in [-0.2, 0) is 28.8 Å². The van der Waals surface area contributed by atoms with Crippen molar-refractivity contribution in [3.8, 4) is 0 Å². The van der Waals surface area contributed by atoms with Gasteiger partial charge in [0.2, 0.25) is 0 Å². The molecule has 9 nitrogen and oxygen atoms in total. The SMILES string of the molecule is CC(=O)/C=C/C(=O)CO.CC(=O)/C=C/C(=O)CO.CC(=O)/C=C/C(=O)O. The maximum absolute atomic E-state index is 10.2. The van der Waals surface area contributed by atoms with Crippen molar-refractivity contribution in [2.45, 2.75) is 20.8 Å². The van der Waals surface area contributed by atoms with Gasteiger partial charge >= 0.3 is 5.97 Å². The van der Waals surface area contributed by atoms with E-state index in [-0.39, 0.29) is 17.3 Å². The Balaban J connectivity index is -0.000000306. The highest BCUT2D eigenvalue weighted by molar-refractivity contribution is 5.98. The summed E-state index contributed by atoms with van der Waals surface area (Å²) in [5.41, 5.74) is 0. The molecule has 0 aliphatic rings. The van der Waals surface area contributed by atoms with Gasteiger partial charge in [-0.15, -0.1) is 0 Å². The minimum atomic E-state index is -1.10. The molecule has 3 N–H and O–H groups in total. The van der Waals surface area contributed by atoms with Gasteiger partial charge in [0.15, 0.2) is 28.9 Å². The molecule has 0 spiro atoms. The molecule has 0 rings (SSSR count). The summed E-state index contributed by atoms with van der Waals surface area (Å²) in [5, 5.41) is 24.2. The maximum atomic E-state index is 10.2. The molecule has 0 saturated heterocycles. The fourth-order valence-corrected chi connectivity index (χ4v) is 0.715. The van der Waals surface area contributed by atoms with E-state index in [9.17, 15) is 28.8 Å².